The standard InChI is InChI=1S/C20H24N2O2S.ClH/c1-2-14-3-5-15(6-4-14)17-12-21-8-9-22(17)20(23)19-11-16-13-24-10-7-18(16)25-19;/h3-6,11,17,21H,2,7-10,12-13H2,1H3;1H. The number of carbonyl (C=O) groups is 1. The molecule has 1 saturated heterocycles. The van der Waals surface area contributed by atoms with Crippen molar-refractivity contribution in [2.75, 3.05) is 26.2 Å². The molecule has 0 spiro atoms. The molecule has 1 atom stereocenters. The van der Waals surface area contributed by atoms with Crippen molar-refractivity contribution >= 4 is 29.7 Å². The van der Waals surface area contributed by atoms with E-state index in [0.29, 0.717) is 6.61 Å². The molecule has 1 aromatic carbocycles. The predicted molar refractivity (Wildman–Crippen MR) is 107 cm³/mol. The summed E-state index contributed by atoms with van der Waals surface area (Å²) in [5.41, 5.74) is 3.73. The van der Waals surface area contributed by atoms with Gasteiger partial charge in [-0.1, -0.05) is 31.2 Å². The van der Waals surface area contributed by atoms with E-state index in [1.165, 1.54) is 21.6 Å². The van der Waals surface area contributed by atoms with Gasteiger partial charge >= 0.3 is 0 Å². The number of nitrogens with zero attached hydrogens (tertiary/aromatic N) is 1. The summed E-state index contributed by atoms with van der Waals surface area (Å²) < 4.78 is 5.52. The number of aryl methyl sites for hydroxylation is 1. The number of halogens is 1. The zero-order valence-corrected chi connectivity index (χ0v) is 16.6. The van der Waals surface area contributed by atoms with Crippen LogP contribution in [-0.2, 0) is 24.2 Å². The van der Waals surface area contributed by atoms with E-state index in [0.717, 1.165) is 44.0 Å². The molecule has 4 rings (SSSR count). The number of thiophene rings is 1. The van der Waals surface area contributed by atoms with Gasteiger partial charge in [-0.25, -0.2) is 0 Å². The van der Waals surface area contributed by atoms with Crippen molar-refractivity contribution in [2.45, 2.75) is 32.4 Å². The molecule has 0 aliphatic carbocycles. The van der Waals surface area contributed by atoms with E-state index in [9.17, 15) is 4.79 Å². The van der Waals surface area contributed by atoms with Gasteiger partial charge in [-0.15, -0.1) is 23.7 Å². The van der Waals surface area contributed by atoms with Gasteiger partial charge in [0.25, 0.3) is 5.91 Å². The second-order valence-corrected chi connectivity index (χ2v) is 7.81. The van der Waals surface area contributed by atoms with E-state index in [1.54, 1.807) is 11.3 Å². The summed E-state index contributed by atoms with van der Waals surface area (Å²) in [4.78, 5) is 17.4. The average molecular weight is 393 g/mol. The molecule has 1 unspecified atom stereocenters. The van der Waals surface area contributed by atoms with Crippen molar-refractivity contribution < 1.29 is 9.53 Å². The highest BCUT2D eigenvalue weighted by molar-refractivity contribution is 7.14. The van der Waals surface area contributed by atoms with E-state index < -0.39 is 0 Å². The highest BCUT2D eigenvalue weighted by atomic mass is 35.5. The molecule has 0 bridgehead atoms. The lowest BCUT2D eigenvalue weighted by atomic mass is 10.0. The van der Waals surface area contributed by atoms with Crippen LogP contribution in [-0.4, -0.2) is 37.0 Å². The minimum Gasteiger partial charge on any atom is -0.376 e. The topological polar surface area (TPSA) is 41.6 Å². The molecule has 6 heteroatoms. The number of rotatable bonds is 3. The van der Waals surface area contributed by atoms with Crippen LogP contribution >= 0.6 is 23.7 Å². The molecule has 4 nitrogen and oxygen atoms in total. The minimum absolute atomic E-state index is 0. The third-order valence-electron chi connectivity index (χ3n) is 5.12. The maximum absolute atomic E-state index is 13.2. The Labute approximate surface area is 165 Å². The Morgan fingerprint density at radius 1 is 1.35 bits per heavy atom. The summed E-state index contributed by atoms with van der Waals surface area (Å²) in [6.07, 6.45) is 1.96. The Morgan fingerprint density at radius 3 is 2.88 bits per heavy atom. The summed E-state index contributed by atoms with van der Waals surface area (Å²) in [5.74, 6) is 0.158. The fourth-order valence-corrected chi connectivity index (χ4v) is 4.72. The van der Waals surface area contributed by atoms with E-state index in [2.05, 4.69) is 36.5 Å². The largest absolute Gasteiger partial charge is 0.376 e. The third-order valence-corrected chi connectivity index (χ3v) is 6.34. The minimum atomic E-state index is 0. The lowest BCUT2D eigenvalue weighted by molar-refractivity contribution is 0.0639. The first kappa shape index (κ1) is 19.4. The highest BCUT2D eigenvalue weighted by Crippen LogP contribution is 2.31. The second kappa shape index (κ2) is 8.53. The number of ether oxygens (including phenoxy) is 1. The van der Waals surface area contributed by atoms with Gasteiger partial charge in [-0.2, -0.15) is 0 Å². The first-order valence-electron chi connectivity index (χ1n) is 9.06. The zero-order valence-electron chi connectivity index (χ0n) is 15.0. The normalized spacial score (nSPS) is 19.6. The fraction of sp³-hybridized carbons (Fsp3) is 0.450. The number of carbonyl (C=O) groups excluding carboxylic acids is 1. The monoisotopic (exact) mass is 392 g/mol. The number of nitrogens with one attached hydrogen (secondary N) is 1. The van der Waals surface area contributed by atoms with Crippen molar-refractivity contribution in [3.8, 4) is 0 Å². The van der Waals surface area contributed by atoms with Crippen LogP contribution in [0.3, 0.4) is 0 Å². The van der Waals surface area contributed by atoms with Crippen molar-refractivity contribution in [3.63, 3.8) is 0 Å². The molecule has 3 heterocycles. The van der Waals surface area contributed by atoms with Crippen LogP contribution in [0, 0.1) is 0 Å². The third kappa shape index (κ3) is 3.81. The van der Waals surface area contributed by atoms with E-state index in [1.807, 2.05) is 11.0 Å². The zero-order chi connectivity index (χ0) is 17.2. The van der Waals surface area contributed by atoms with Crippen LogP contribution in [0.25, 0.3) is 0 Å². The van der Waals surface area contributed by atoms with Crippen LogP contribution in [0.5, 0.6) is 0 Å². The molecule has 2 aliphatic rings. The summed E-state index contributed by atoms with van der Waals surface area (Å²) in [5, 5.41) is 3.44. The molecule has 0 saturated carbocycles. The van der Waals surface area contributed by atoms with Gasteiger partial charge in [-0.05, 0) is 29.2 Å². The van der Waals surface area contributed by atoms with Crippen LogP contribution in [0.15, 0.2) is 30.3 Å². The number of piperazine rings is 1. The Hall–Kier alpha value is -1.40. The average Bonchev–Trinajstić information content (AvgIpc) is 3.12. The summed E-state index contributed by atoms with van der Waals surface area (Å²) >= 11 is 1.65. The van der Waals surface area contributed by atoms with Crippen molar-refractivity contribution in [3.05, 3.63) is 56.8 Å². The summed E-state index contributed by atoms with van der Waals surface area (Å²) in [7, 11) is 0. The van der Waals surface area contributed by atoms with Gasteiger partial charge < -0.3 is 15.0 Å². The van der Waals surface area contributed by atoms with Crippen molar-refractivity contribution in [2.24, 2.45) is 0 Å². The number of hydrogen-bond acceptors (Lipinski definition) is 4. The van der Waals surface area contributed by atoms with Gasteiger partial charge in [-0.3, -0.25) is 4.79 Å². The molecule has 1 N–H and O–H groups in total. The Morgan fingerprint density at radius 2 is 2.15 bits per heavy atom. The maximum Gasteiger partial charge on any atom is 0.264 e. The molecule has 2 aromatic rings. The second-order valence-electron chi connectivity index (χ2n) is 6.68. The van der Waals surface area contributed by atoms with Gasteiger partial charge in [0, 0.05) is 30.9 Å². The lowest BCUT2D eigenvalue weighted by Crippen LogP contribution is -2.48. The van der Waals surface area contributed by atoms with Crippen LogP contribution < -0.4 is 5.32 Å². The van der Waals surface area contributed by atoms with Gasteiger partial charge in [0.2, 0.25) is 0 Å². The number of hydrogen-bond donors (Lipinski definition) is 1. The number of benzene rings is 1. The van der Waals surface area contributed by atoms with E-state index in [-0.39, 0.29) is 24.4 Å². The Kier molecular flexibility index (Phi) is 6.35. The SMILES string of the molecule is CCc1ccc(C2CNCCN2C(=O)c2cc3c(s2)CCOC3)cc1.Cl. The Bertz CT molecular complexity index is 736. The fourth-order valence-electron chi connectivity index (χ4n) is 3.61. The first-order valence-corrected chi connectivity index (χ1v) is 9.87. The van der Waals surface area contributed by atoms with Crippen molar-refractivity contribution in [1.29, 1.82) is 0 Å². The first-order chi connectivity index (χ1) is 12.3. The Balaban J connectivity index is 0.00000196. The highest BCUT2D eigenvalue weighted by Gasteiger charge is 2.30. The smallest absolute Gasteiger partial charge is 0.264 e. The molecule has 1 amide bonds. The van der Waals surface area contributed by atoms with E-state index in [4.69, 9.17) is 4.74 Å². The molecule has 1 aromatic heterocycles. The molecule has 26 heavy (non-hydrogen) atoms. The quantitative estimate of drug-likeness (QED) is 0.867. The summed E-state index contributed by atoms with van der Waals surface area (Å²) in [6.45, 7) is 5.98. The molecule has 1 fully saturated rings. The molecular weight excluding hydrogens is 368 g/mol. The van der Waals surface area contributed by atoms with Gasteiger partial charge in [0.1, 0.15) is 0 Å². The molecule has 2 aliphatic heterocycles. The van der Waals surface area contributed by atoms with Gasteiger partial charge in [0.15, 0.2) is 0 Å². The number of fused-ring (bicyclic) bond motifs is 1. The van der Waals surface area contributed by atoms with Crippen LogP contribution in [0.4, 0.5) is 0 Å². The van der Waals surface area contributed by atoms with Gasteiger partial charge in [0.05, 0.1) is 24.1 Å². The lowest BCUT2D eigenvalue weighted by Gasteiger charge is -2.36. The van der Waals surface area contributed by atoms with Crippen molar-refractivity contribution in [1.82, 2.24) is 10.2 Å². The van der Waals surface area contributed by atoms with Crippen LogP contribution in [0.1, 0.15) is 44.2 Å². The molecular formula is C20H25ClN2O2S. The molecule has 140 valence electrons. The van der Waals surface area contributed by atoms with Crippen LogP contribution in [0.2, 0.25) is 0 Å². The molecule has 0 radical (unpaired) electrons. The summed E-state index contributed by atoms with van der Waals surface area (Å²) in [6, 6.07) is 10.8. The van der Waals surface area contributed by atoms with E-state index >= 15 is 0 Å². The predicted octanol–water partition coefficient (Wildman–Crippen LogP) is 3.59. The maximum atomic E-state index is 13.2. The number of amides is 1.